The molecule has 2 aliphatic heterocycles. The molecule has 1 saturated heterocycles. The van der Waals surface area contributed by atoms with Gasteiger partial charge in [-0.1, -0.05) is 0 Å². The van der Waals surface area contributed by atoms with E-state index in [1.54, 1.807) is 7.11 Å². The van der Waals surface area contributed by atoms with Crippen LogP contribution in [0.25, 0.3) is 0 Å². The van der Waals surface area contributed by atoms with E-state index < -0.39 is 0 Å². The number of hydrogen-bond donors (Lipinski definition) is 1. The average Bonchev–Trinajstić information content (AvgIpc) is 3.27. The summed E-state index contributed by atoms with van der Waals surface area (Å²) in [5, 5.41) is 3.84. The molecule has 1 aromatic rings. The van der Waals surface area contributed by atoms with Crippen molar-refractivity contribution in [1.29, 1.82) is 0 Å². The topological polar surface area (TPSA) is 39.7 Å². The van der Waals surface area contributed by atoms with E-state index in [4.69, 9.17) is 14.2 Å². The molecule has 3 aliphatic rings. The molecule has 1 N–H and O–H groups in total. The van der Waals surface area contributed by atoms with Crippen molar-refractivity contribution < 1.29 is 14.2 Å². The van der Waals surface area contributed by atoms with Gasteiger partial charge in [0, 0.05) is 30.7 Å². The van der Waals surface area contributed by atoms with Crippen LogP contribution in [0.4, 0.5) is 0 Å². The SMILES string of the molecule is COc1ccc2c(c1)C(NC1CCOC1C1CC1)CCO2. The lowest BCUT2D eigenvalue weighted by Crippen LogP contribution is -2.41. The highest BCUT2D eigenvalue weighted by atomic mass is 16.5. The van der Waals surface area contributed by atoms with E-state index in [1.807, 2.05) is 12.1 Å². The Balaban J connectivity index is 1.53. The predicted octanol–water partition coefficient (Wildman–Crippen LogP) is 2.68. The van der Waals surface area contributed by atoms with Gasteiger partial charge in [0.2, 0.25) is 0 Å². The highest BCUT2D eigenvalue weighted by Crippen LogP contribution is 2.41. The molecule has 0 spiro atoms. The number of nitrogens with one attached hydrogen (secondary N) is 1. The van der Waals surface area contributed by atoms with E-state index in [9.17, 15) is 0 Å². The molecular formula is C17H23NO3. The zero-order valence-corrected chi connectivity index (χ0v) is 12.5. The fourth-order valence-electron chi connectivity index (χ4n) is 3.61. The molecule has 4 heteroatoms. The first-order chi connectivity index (χ1) is 10.3. The number of benzene rings is 1. The standard InChI is InChI=1S/C17H23NO3/c1-19-12-4-5-16-13(10-12)14(6-8-20-16)18-15-7-9-21-17(15)11-2-3-11/h4-5,10-11,14-15,17-18H,2-3,6-9H2,1H3. The molecule has 4 nitrogen and oxygen atoms in total. The first kappa shape index (κ1) is 13.4. The molecule has 0 radical (unpaired) electrons. The predicted molar refractivity (Wildman–Crippen MR) is 79.9 cm³/mol. The van der Waals surface area contributed by atoms with Crippen molar-refractivity contribution in [3.63, 3.8) is 0 Å². The van der Waals surface area contributed by atoms with E-state index in [2.05, 4.69) is 11.4 Å². The number of ether oxygens (including phenoxy) is 3. The maximum Gasteiger partial charge on any atom is 0.124 e. The van der Waals surface area contributed by atoms with E-state index in [-0.39, 0.29) is 0 Å². The van der Waals surface area contributed by atoms with Gasteiger partial charge in [0.05, 0.1) is 19.8 Å². The van der Waals surface area contributed by atoms with Gasteiger partial charge in [0.25, 0.3) is 0 Å². The largest absolute Gasteiger partial charge is 0.497 e. The Labute approximate surface area is 125 Å². The minimum Gasteiger partial charge on any atom is -0.497 e. The quantitative estimate of drug-likeness (QED) is 0.925. The maximum atomic E-state index is 5.95. The average molecular weight is 289 g/mol. The lowest BCUT2D eigenvalue weighted by molar-refractivity contribution is 0.0772. The van der Waals surface area contributed by atoms with E-state index in [0.717, 1.165) is 43.5 Å². The van der Waals surface area contributed by atoms with Crippen LogP contribution in [0.1, 0.15) is 37.3 Å². The summed E-state index contributed by atoms with van der Waals surface area (Å²) in [6.45, 7) is 1.67. The molecule has 2 heterocycles. The van der Waals surface area contributed by atoms with E-state index in [1.165, 1.54) is 18.4 Å². The molecule has 114 valence electrons. The second-order valence-electron chi connectivity index (χ2n) is 6.33. The van der Waals surface area contributed by atoms with Crippen LogP contribution >= 0.6 is 0 Å². The third-order valence-electron chi connectivity index (χ3n) is 4.89. The molecule has 4 rings (SSSR count). The van der Waals surface area contributed by atoms with Crippen molar-refractivity contribution in [3.05, 3.63) is 23.8 Å². The van der Waals surface area contributed by atoms with Gasteiger partial charge in [-0.15, -0.1) is 0 Å². The normalized spacial score (nSPS) is 31.6. The van der Waals surface area contributed by atoms with Gasteiger partial charge >= 0.3 is 0 Å². The van der Waals surface area contributed by atoms with E-state index in [0.29, 0.717) is 18.2 Å². The fourth-order valence-corrected chi connectivity index (χ4v) is 3.61. The minimum absolute atomic E-state index is 0.344. The molecule has 1 saturated carbocycles. The lowest BCUT2D eigenvalue weighted by Gasteiger charge is -2.31. The third-order valence-corrected chi connectivity index (χ3v) is 4.89. The van der Waals surface area contributed by atoms with E-state index >= 15 is 0 Å². The van der Waals surface area contributed by atoms with Crippen LogP contribution < -0.4 is 14.8 Å². The highest BCUT2D eigenvalue weighted by molar-refractivity contribution is 5.43. The Morgan fingerprint density at radius 2 is 2.05 bits per heavy atom. The molecule has 0 bridgehead atoms. The van der Waals surface area contributed by atoms with Crippen molar-refractivity contribution in [2.45, 2.75) is 43.9 Å². The van der Waals surface area contributed by atoms with Gasteiger partial charge < -0.3 is 19.5 Å². The summed E-state index contributed by atoms with van der Waals surface area (Å²) in [4.78, 5) is 0. The van der Waals surface area contributed by atoms with Crippen molar-refractivity contribution >= 4 is 0 Å². The van der Waals surface area contributed by atoms with Crippen LogP contribution in [-0.4, -0.2) is 32.5 Å². The van der Waals surface area contributed by atoms with Gasteiger partial charge in [0.15, 0.2) is 0 Å². The molecule has 0 aromatic heterocycles. The fraction of sp³-hybridized carbons (Fsp3) is 0.647. The molecule has 1 aliphatic carbocycles. The van der Waals surface area contributed by atoms with Crippen molar-refractivity contribution in [2.75, 3.05) is 20.3 Å². The molecule has 2 fully saturated rings. The monoisotopic (exact) mass is 289 g/mol. The number of methoxy groups -OCH3 is 1. The van der Waals surface area contributed by atoms with Crippen LogP contribution in [0, 0.1) is 5.92 Å². The van der Waals surface area contributed by atoms with Crippen molar-refractivity contribution in [3.8, 4) is 11.5 Å². The molecule has 3 unspecified atom stereocenters. The molecule has 21 heavy (non-hydrogen) atoms. The number of fused-ring (bicyclic) bond motifs is 1. The summed E-state index contributed by atoms with van der Waals surface area (Å²) in [7, 11) is 1.71. The summed E-state index contributed by atoms with van der Waals surface area (Å²) >= 11 is 0. The molecular weight excluding hydrogens is 266 g/mol. The minimum atomic E-state index is 0.344. The number of hydrogen-bond acceptors (Lipinski definition) is 4. The first-order valence-corrected chi connectivity index (χ1v) is 8.03. The zero-order chi connectivity index (χ0) is 14.2. The van der Waals surface area contributed by atoms with Crippen molar-refractivity contribution in [1.82, 2.24) is 5.32 Å². The van der Waals surface area contributed by atoms with Gasteiger partial charge in [-0.2, -0.15) is 0 Å². The zero-order valence-electron chi connectivity index (χ0n) is 12.5. The summed E-state index contributed by atoms with van der Waals surface area (Å²) in [6, 6.07) is 6.92. The van der Waals surface area contributed by atoms with Crippen molar-refractivity contribution in [2.24, 2.45) is 5.92 Å². The van der Waals surface area contributed by atoms with Crippen LogP contribution in [0.2, 0.25) is 0 Å². The molecule has 1 aromatic carbocycles. The van der Waals surface area contributed by atoms with Crippen LogP contribution in [0.15, 0.2) is 18.2 Å². The van der Waals surface area contributed by atoms with Gasteiger partial charge in [-0.05, 0) is 43.4 Å². The first-order valence-electron chi connectivity index (χ1n) is 8.03. The van der Waals surface area contributed by atoms with Crippen LogP contribution in [-0.2, 0) is 4.74 Å². The summed E-state index contributed by atoms with van der Waals surface area (Å²) in [6.07, 6.45) is 5.22. The molecule has 0 amide bonds. The molecule has 3 atom stereocenters. The maximum absolute atomic E-state index is 5.95. The Hall–Kier alpha value is -1.26. The van der Waals surface area contributed by atoms with Gasteiger partial charge in [-0.25, -0.2) is 0 Å². The smallest absolute Gasteiger partial charge is 0.124 e. The Morgan fingerprint density at radius 3 is 2.86 bits per heavy atom. The van der Waals surface area contributed by atoms with Crippen LogP contribution in [0.3, 0.4) is 0 Å². The second-order valence-corrected chi connectivity index (χ2v) is 6.33. The van der Waals surface area contributed by atoms with Gasteiger partial charge in [0.1, 0.15) is 11.5 Å². The highest BCUT2D eigenvalue weighted by Gasteiger charge is 2.41. The number of rotatable bonds is 4. The summed E-state index contributed by atoms with van der Waals surface area (Å²) in [5.74, 6) is 2.67. The summed E-state index contributed by atoms with van der Waals surface area (Å²) < 4.78 is 17.1. The Bertz CT molecular complexity index is 515. The Kier molecular flexibility index (Phi) is 3.51. The second kappa shape index (κ2) is 5.50. The third kappa shape index (κ3) is 2.62. The summed E-state index contributed by atoms with van der Waals surface area (Å²) in [5.41, 5.74) is 1.22. The lowest BCUT2D eigenvalue weighted by atomic mass is 9.97. The van der Waals surface area contributed by atoms with Crippen LogP contribution in [0.5, 0.6) is 11.5 Å². The van der Waals surface area contributed by atoms with Gasteiger partial charge in [-0.3, -0.25) is 0 Å². The Morgan fingerprint density at radius 1 is 1.14 bits per heavy atom.